The fourth-order valence-corrected chi connectivity index (χ4v) is 2.51. The van der Waals surface area contributed by atoms with Crippen LogP contribution in [0.2, 0.25) is 0 Å². The molecule has 0 saturated heterocycles. The molecule has 2 amide bonds. The molecule has 3 N–H and O–H groups in total. The van der Waals surface area contributed by atoms with Crippen LogP contribution in [0.3, 0.4) is 0 Å². The number of carbonyl (C=O) groups is 2. The average molecular weight is 284 g/mol. The quantitative estimate of drug-likeness (QED) is 0.635. The smallest absolute Gasteiger partial charge is 0.257 e. The Morgan fingerprint density at radius 3 is 2.81 bits per heavy atom. The van der Waals surface area contributed by atoms with E-state index in [1.807, 2.05) is 4.57 Å². The number of carbonyl (C=O) groups excluding carboxylic acids is 2. The van der Waals surface area contributed by atoms with Gasteiger partial charge in [0, 0.05) is 42.0 Å². The van der Waals surface area contributed by atoms with Crippen LogP contribution >= 0.6 is 0 Å². The molecule has 2 heterocycles. The lowest BCUT2D eigenvalue weighted by atomic mass is 9.95. The minimum absolute atomic E-state index is 0.188. The fraction of sp³-hybridized carbons (Fsp3) is 0.267. The standard InChI is InChI=1S/C15H16N4O2/c16-12-3-1-10(2-4-12)14(20)18-15(21)11-5-6-19-9-17-8-13(19)7-11/h1-4,8-9,11H,5-7,16H2,(H,18,20,21). The van der Waals surface area contributed by atoms with Crippen molar-refractivity contribution in [1.82, 2.24) is 14.9 Å². The fourth-order valence-electron chi connectivity index (χ4n) is 2.51. The molecule has 0 radical (unpaired) electrons. The highest BCUT2D eigenvalue weighted by molar-refractivity contribution is 6.05. The van der Waals surface area contributed by atoms with Gasteiger partial charge in [-0.25, -0.2) is 4.98 Å². The van der Waals surface area contributed by atoms with Gasteiger partial charge in [0.2, 0.25) is 5.91 Å². The van der Waals surface area contributed by atoms with Gasteiger partial charge in [0.1, 0.15) is 0 Å². The molecule has 0 bridgehead atoms. The average Bonchev–Trinajstić information content (AvgIpc) is 2.95. The Bertz CT molecular complexity index is 675. The van der Waals surface area contributed by atoms with E-state index in [2.05, 4.69) is 10.3 Å². The van der Waals surface area contributed by atoms with Crippen LogP contribution in [0.15, 0.2) is 36.8 Å². The zero-order chi connectivity index (χ0) is 14.8. The van der Waals surface area contributed by atoms with Crippen molar-refractivity contribution in [2.24, 2.45) is 5.92 Å². The van der Waals surface area contributed by atoms with E-state index in [-0.39, 0.29) is 17.7 Å². The maximum atomic E-state index is 12.2. The number of rotatable bonds is 2. The molecular weight excluding hydrogens is 268 g/mol. The number of anilines is 1. The Morgan fingerprint density at radius 1 is 1.29 bits per heavy atom. The number of hydrogen-bond donors (Lipinski definition) is 2. The number of aryl methyl sites for hydroxylation is 1. The SMILES string of the molecule is Nc1ccc(C(=O)NC(=O)C2CCn3cncc3C2)cc1. The molecule has 3 rings (SSSR count). The van der Waals surface area contributed by atoms with Gasteiger partial charge in [-0.2, -0.15) is 0 Å². The van der Waals surface area contributed by atoms with Gasteiger partial charge in [0.05, 0.1) is 6.33 Å². The summed E-state index contributed by atoms with van der Waals surface area (Å²) in [5.41, 5.74) is 7.61. The molecule has 0 spiro atoms. The molecule has 1 atom stereocenters. The van der Waals surface area contributed by atoms with Gasteiger partial charge >= 0.3 is 0 Å². The number of nitrogens with one attached hydrogen (secondary N) is 1. The second-order valence-corrected chi connectivity index (χ2v) is 5.21. The molecule has 1 aliphatic heterocycles. The molecule has 1 aromatic heterocycles. The minimum Gasteiger partial charge on any atom is -0.399 e. The van der Waals surface area contributed by atoms with Crippen molar-refractivity contribution >= 4 is 17.5 Å². The summed E-state index contributed by atoms with van der Waals surface area (Å²) in [6.45, 7) is 0.753. The van der Waals surface area contributed by atoms with Crippen molar-refractivity contribution in [3.63, 3.8) is 0 Å². The number of hydrogen-bond acceptors (Lipinski definition) is 4. The topological polar surface area (TPSA) is 90.0 Å². The van der Waals surface area contributed by atoms with E-state index in [0.29, 0.717) is 24.1 Å². The molecule has 2 aromatic rings. The van der Waals surface area contributed by atoms with Crippen molar-refractivity contribution in [2.75, 3.05) is 5.73 Å². The summed E-state index contributed by atoms with van der Waals surface area (Å²) in [5, 5.41) is 2.46. The van der Waals surface area contributed by atoms with Gasteiger partial charge in [0.25, 0.3) is 5.91 Å². The monoisotopic (exact) mass is 284 g/mol. The van der Waals surface area contributed by atoms with E-state index in [1.165, 1.54) is 0 Å². The van der Waals surface area contributed by atoms with E-state index in [0.717, 1.165) is 12.2 Å². The number of nitrogens with two attached hydrogens (primary N) is 1. The number of imide groups is 1. The first-order valence-corrected chi connectivity index (χ1v) is 6.83. The zero-order valence-corrected chi connectivity index (χ0v) is 11.5. The maximum absolute atomic E-state index is 12.2. The van der Waals surface area contributed by atoms with E-state index < -0.39 is 0 Å². The van der Waals surface area contributed by atoms with Crippen LogP contribution in [-0.2, 0) is 17.8 Å². The lowest BCUT2D eigenvalue weighted by Crippen LogP contribution is -2.38. The molecule has 0 aliphatic carbocycles. The van der Waals surface area contributed by atoms with Crippen molar-refractivity contribution in [3.05, 3.63) is 48.0 Å². The highest BCUT2D eigenvalue weighted by atomic mass is 16.2. The second kappa shape index (κ2) is 5.40. The number of amides is 2. The van der Waals surface area contributed by atoms with E-state index in [1.54, 1.807) is 36.8 Å². The van der Waals surface area contributed by atoms with Crippen molar-refractivity contribution in [3.8, 4) is 0 Å². The summed E-state index contributed by atoms with van der Waals surface area (Å²) < 4.78 is 2.03. The maximum Gasteiger partial charge on any atom is 0.257 e. The summed E-state index contributed by atoms with van der Waals surface area (Å²) in [6, 6.07) is 6.49. The van der Waals surface area contributed by atoms with Crippen LogP contribution in [0.5, 0.6) is 0 Å². The van der Waals surface area contributed by atoms with Crippen LogP contribution in [0, 0.1) is 5.92 Å². The van der Waals surface area contributed by atoms with Crippen LogP contribution < -0.4 is 11.1 Å². The van der Waals surface area contributed by atoms with E-state index in [4.69, 9.17) is 5.73 Å². The highest BCUT2D eigenvalue weighted by Crippen LogP contribution is 2.20. The predicted octanol–water partition coefficient (Wildman–Crippen LogP) is 0.984. The van der Waals surface area contributed by atoms with Gasteiger partial charge in [-0.05, 0) is 30.7 Å². The predicted molar refractivity (Wildman–Crippen MR) is 77.4 cm³/mol. The largest absolute Gasteiger partial charge is 0.399 e. The first-order chi connectivity index (χ1) is 10.1. The third-order valence-electron chi connectivity index (χ3n) is 3.75. The molecule has 0 saturated carbocycles. The van der Waals surface area contributed by atoms with E-state index in [9.17, 15) is 9.59 Å². The van der Waals surface area contributed by atoms with Crippen LogP contribution in [0.4, 0.5) is 5.69 Å². The van der Waals surface area contributed by atoms with Crippen molar-refractivity contribution in [1.29, 1.82) is 0 Å². The Balaban J connectivity index is 1.64. The first kappa shape index (κ1) is 13.4. The molecule has 1 aromatic carbocycles. The number of aromatic nitrogens is 2. The first-order valence-electron chi connectivity index (χ1n) is 6.83. The van der Waals surface area contributed by atoms with Gasteiger partial charge < -0.3 is 10.3 Å². The number of nitrogens with zero attached hydrogens (tertiary/aromatic N) is 2. The van der Waals surface area contributed by atoms with Crippen LogP contribution in [0.25, 0.3) is 0 Å². The number of benzene rings is 1. The Hall–Kier alpha value is -2.63. The normalized spacial score (nSPS) is 17.0. The number of nitrogen functional groups attached to an aromatic ring is 1. The molecule has 0 fully saturated rings. The third-order valence-corrected chi connectivity index (χ3v) is 3.75. The number of imidazole rings is 1. The third kappa shape index (κ3) is 2.79. The van der Waals surface area contributed by atoms with E-state index >= 15 is 0 Å². The van der Waals surface area contributed by atoms with Gasteiger partial charge in [-0.15, -0.1) is 0 Å². The van der Waals surface area contributed by atoms with Crippen LogP contribution in [-0.4, -0.2) is 21.4 Å². The number of fused-ring (bicyclic) bond motifs is 1. The van der Waals surface area contributed by atoms with Crippen LogP contribution in [0.1, 0.15) is 22.5 Å². The Morgan fingerprint density at radius 2 is 2.05 bits per heavy atom. The highest BCUT2D eigenvalue weighted by Gasteiger charge is 2.26. The van der Waals surface area contributed by atoms with Crippen molar-refractivity contribution in [2.45, 2.75) is 19.4 Å². The Kier molecular flexibility index (Phi) is 3.43. The summed E-state index contributed by atoms with van der Waals surface area (Å²) in [4.78, 5) is 28.3. The van der Waals surface area contributed by atoms with Gasteiger partial charge in [-0.3, -0.25) is 14.9 Å². The lowest BCUT2D eigenvalue weighted by Gasteiger charge is -2.22. The van der Waals surface area contributed by atoms with Gasteiger partial charge in [0.15, 0.2) is 0 Å². The lowest BCUT2D eigenvalue weighted by molar-refractivity contribution is -0.124. The van der Waals surface area contributed by atoms with Gasteiger partial charge in [-0.1, -0.05) is 0 Å². The summed E-state index contributed by atoms with van der Waals surface area (Å²) in [5.74, 6) is -0.810. The molecule has 6 heteroatoms. The molecule has 6 nitrogen and oxygen atoms in total. The molecular formula is C15H16N4O2. The molecule has 108 valence electrons. The summed E-state index contributed by atoms with van der Waals surface area (Å²) in [6.07, 6.45) is 4.86. The minimum atomic E-state index is -0.390. The molecule has 21 heavy (non-hydrogen) atoms. The summed E-state index contributed by atoms with van der Waals surface area (Å²) in [7, 11) is 0. The summed E-state index contributed by atoms with van der Waals surface area (Å²) >= 11 is 0. The zero-order valence-electron chi connectivity index (χ0n) is 11.5. The van der Waals surface area contributed by atoms with Crippen molar-refractivity contribution < 1.29 is 9.59 Å². The Labute approximate surface area is 122 Å². The molecule has 1 aliphatic rings. The molecule has 1 unspecified atom stereocenters. The second-order valence-electron chi connectivity index (χ2n) is 5.21.